The molecule has 7 rings (SSSR count). The van der Waals surface area contributed by atoms with Crippen LogP contribution in [0.1, 0.15) is 65.1 Å². The van der Waals surface area contributed by atoms with E-state index in [-0.39, 0.29) is 22.9 Å². The van der Waals surface area contributed by atoms with Crippen LogP contribution >= 0.6 is 0 Å². The Kier molecular flexibility index (Phi) is 5.98. The average Bonchev–Trinajstić information content (AvgIpc) is 3.31. The molecule has 10 heteroatoms. The van der Waals surface area contributed by atoms with Gasteiger partial charge in [0.25, 0.3) is 5.91 Å². The van der Waals surface area contributed by atoms with E-state index in [2.05, 4.69) is 15.3 Å². The molecule has 1 aliphatic carbocycles. The topological polar surface area (TPSA) is 79.5 Å². The lowest BCUT2D eigenvalue weighted by Crippen LogP contribution is -2.31. The number of fused-ring (bicyclic) bond motifs is 2. The van der Waals surface area contributed by atoms with Crippen molar-refractivity contribution >= 4 is 28.4 Å². The predicted octanol–water partition coefficient (Wildman–Crippen LogP) is 6.03. The Balaban J connectivity index is 1.15. The molecule has 2 aromatic heterocycles. The molecule has 1 atom stereocenters. The third-order valence-electron chi connectivity index (χ3n) is 8.79. The molecule has 1 amide bonds. The molecule has 4 aliphatic rings. The molecule has 7 nitrogen and oxygen atoms in total. The second-order valence-corrected chi connectivity index (χ2v) is 11.2. The van der Waals surface area contributed by atoms with Gasteiger partial charge in [0.2, 0.25) is 0 Å². The maximum absolute atomic E-state index is 13.6. The minimum atomic E-state index is -4.45. The van der Waals surface area contributed by atoms with Gasteiger partial charge in [-0.15, -0.1) is 0 Å². The summed E-state index contributed by atoms with van der Waals surface area (Å²) in [7, 11) is 0. The fourth-order valence-corrected chi connectivity index (χ4v) is 6.62. The number of H-pyrrole nitrogens is 1. The Morgan fingerprint density at radius 1 is 1.08 bits per heavy atom. The van der Waals surface area contributed by atoms with E-state index in [1.54, 1.807) is 6.07 Å². The van der Waals surface area contributed by atoms with Gasteiger partial charge < -0.3 is 24.7 Å². The van der Waals surface area contributed by atoms with Crippen molar-refractivity contribution in [3.8, 4) is 5.75 Å². The van der Waals surface area contributed by atoms with Crippen molar-refractivity contribution in [2.24, 2.45) is 11.8 Å². The first kappa shape index (κ1) is 24.7. The average molecular weight is 541 g/mol. The summed E-state index contributed by atoms with van der Waals surface area (Å²) >= 11 is 0. The number of likely N-dealkylation sites (tertiary alicyclic amines) is 1. The van der Waals surface area contributed by atoms with Crippen molar-refractivity contribution in [2.75, 3.05) is 38.2 Å². The summed E-state index contributed by atoms with van der Waals surface area (Å²) in [6.07, 6.45) is 2.08. The summed E-state index contributed by atoms with van der Waals surface area (Å²) in [5.41, 5.74) is 2.41. The number of nitrogens with zero attached hydrogens (tertiary/aromatic N) is 2. The van der Waals surface area contributed by atoms with Crippen molar-refractivity contribution < 1.29 is 27.4 Å². The van der Waals surface area contributed by atoms with Crippen LogP contribution < -0.4 is 10.1 Å². The van der Waals surface area contributed by atoms with E-state index >= 15 is 0 Å². The molecule has 5 heterocycles. The van der Waals surface area contributed by atoms with Gasteiger partial charge in [0, 0.05) is 55.4 Å². The molecule has 0 radical (unpaired) electrons. The maximum atomic E-state index is 13.6. The highest BCUT2D eigenvalue weighted by Gasteiger charge is 2.38. The Labute approximate surface area is 224 Å². The molecule has 3 fully saturated rings. The molecule has 1 aromatic carbocycles. The smallest absolute Gasteiger partial charge is 0.418 e. The van der Waals surface area contributed by atoms with Crippen LogP contribution in [-0.2, 0) is 17.3 Å². The lowest BCUT2D eigenvalue weighted by molar-refractivity contribution is -0.136. The summed E-state index contributed by atoms with van der Waals surface area (Å²) < 4.78 is 52.4. The minimum Gasteiger partial charge on any atom is -0.491 e. The van der Waals surface area contributed by atoms with E-state index in [0.29, 0.717) is 53.2 Å². The van der Waals surface area contributed by atoms with Crippen LogP contribution in [0.4, 0.5) is 24.7 Å². The normalized spacial score (nSPS) is 21.8. The van der Waals surface area contributed by atoms with Crippen molar-refractivity contribution in [1.82, 2.24) is 14.9 Å². The molecule has 1 unspecified atom stereocenters. The quantitative estimate of drug-likeness (QED) is 0.413. The number of amides is 1. The van der Waals surface area contributed by atoms with Gasteiger partial charge in [-0.2, -0.15) is 13.2 Å². The van der Waals surface area contributed by atoms with E-state index in [4.69, 9.17) is 9.47 Å². The second-order valence-electron chi connectivity index (χ2n) is 11.2. The van der Waals surface area contributed by atoms with Crippen LogP contribution in [-0.4, -0.2) is 53.7 Å². The van der Waals surface area contributed by atoms with Crippen molar-refractivity contribution in [2.45, 2.75) is 50.6 Å². The molecule has 3 aliphatic heterocycles. The largest absolute Gasteiger partial charge is 0.491 e. The van der Waals surface area contributed by atoms with E-state index in [0.717, 1.165) is 70.2 Å². The van der Waals surface area contributed by atoms with Crippen molar-refractivity contribution in [1.29, 1.82) is 0 Å². The van der Waals surface area contributed by atoms with E-state index in [9.17, 15) is 18.0 Å². The number of carbonyl (C=O) groups excluding carboxylic acids is 1. The number of aromatic nitrogens is 2. The van der Waals surface area contributed by atoms with Crippen LogP contribution in [0.2, 0.25) is 0 Å². The van der Waals surface area contributed by atoms with Crippen LogP contribution in [0.25, 0.3) is 11.0 Å². The van der Waals surface area contributed by atoms with Gasteiger partial charge in [-0.25, -0.2) is 4.98 Å². The van der Waals surface area contributed by atoms with Crippen molar-refractivity contribution in [3.63, 3.8) is 0 Å². The summed E-state index contributed by atoms with van der Waals surface area (Å²) in [5.74, 6) is 2.36. The lowest BCUT2D eigenvalue weighted by atomic mass is 9.85. The number of alkyl halides is 3. The molecule has 2 saturated heterocycles. The first-order chi connectivity index (χ1) is 18.9. The highest BCUT2D eigenvalue weighted by Crippen LogP contribution is 2.47. The summed E-state index contributed by atoms with van der Waals surface area (Å²) in [6, 6.07) is 5.39. The van der Waals surface area contributed by atoms with Crippen LogP contribution in [0, 0.1) is 11.8 Å². The number of hydrogen-bond acceptors (Lipinski definition) is 5. The zero-order valence-electron chi connectivity index (χ0n) is 21.6. The van der Waals surface area contributed by atoms with E-state index < -0.39 is 11.7 Å². The summed E-state index contributed by atoms with van der Waals surface area (Å²) in [6.45, 7) is 3.64. The number of nitrogens with one attached hydrogen (secondary N) is 2. The van der Waals surface area contributed by atoms with Gasteiger partial charge >= 0.3 is 6.18 Å². The molecule has 0 spiro atoms. The Morgan fingerprint density at radius 2 is 1.90 bits per heavy atom. The van der Waals surface area contributed by atoms with Gasteiger partial charge in [0.05, 0.1) is 17.9 Å². The molecule has 39 heavy (non-hydrogen) atoms. The molecular formula is C29H31F3N4O3. The fraction of sp³-hybridized carbons (Fsp3) is 0.517. The third-order valence-corrected chi connectivity index (χ3v) is 8.79. The molecule has 206 valence electrons. The number of pyridine rings is 1. The van der Waals surface area contributed by atoms with Gasteiger partial charge in [-0.1, -0.05) is 0 Å². The molecule has 1 saturated carbocycles. The number of ether oxygens (including phenoxy) is 2. The number of aromatic amines is 1. The maximum Gasteiger partial charge on any atom is 0.418 e. The molecular weight excluding hydrogens is 509 g/mol. The van der Waals surface area contributed by atoms with Crippen LogP contribution in [0.5, 0.6) is 5.75 Å². The standard InChI is InChI=1S/C29H31F3N4O3/c30-29(31,32)22-14-33-27-25(22)21(17-1-2-17)13-24(35-27)34-23-4-3-20(19-8-12-39-26(19)23)28(37)36-9-5-18(15-36)16-6-10-38-11-7-16/h3-4,13-14,16-18H,1-2,5-12,15H2,(H2,33,34,35). The number of anilines is 2. The zero-order valence-corrected chi connectivity index (χ0v) is 21.6. The minimum absolute atomic E-state index is 0.0412. The molecule has 0 bridgehead atoms. The predicted molar refractivity (Wildman–Crippen MR) is 140 cm³/mol. The van der Waals surface area contributed by atoms with Gasteiger partial charge in [-0.05, 0) is 73.6 Å². The first-order valence-electron chi connectivity index (χ1n) is 13.9. The first-order valence-corrected chi connectivity index (χ1v) is 13.9. The van der Waals surface area contributed by atoms with E-state index in [1.807, 2.05) is 17.0 Å². The Bertz CT molecular complexity index is 1430. The van der Waals surface area contributed by atoms with Crippen molar-refractivity contribution in [3.05, 3.63) is 46.6 Å². The number of rotatable bonds is 5. The summed E-state index contributed by atoms with van der Waals surface area (Å²) in [5, 5.41) is 3.43. The zero-order chi connectivity index (χ0) is 26.7. The SMILES string of the molecule is O=C(c1ccc(Nc2cc(C3CC3)c3c(C(F)(F)F)c[nH]c3n2)c2c1CCO2)N1CCC(C2CCOCC2)C1. The Hall–Kier alpha value is -3.27. The molecule has 2 N–H and O–H groups in total. The molecule has 3 aromatic rings. The monoisotopic (exact) mass is 540 g/mol. The van der Waals surface area contributed by atoms with Crippen LogP contribution in [0.15, 0.2) is 24.4 Å². The van der Waals surface area contributed by atoms with Crippen LogP contribution in [0.3, 0.4) is 0 Å². The summed E-state index contributed by atoms with van der Waals surface area (Å²) in [4.78, 5) is 22.7. The third kappa shape index (κ3) is 4.52. The lowest BCUT2D eigenvalue weighted by Gasteiger charge is -2.27. The number of halogens is 3. The van der Waals surface area contributed by atoms with Gasteiger partial charge in [0.15, 0.2) is 0 Å². The number of hydrogen-bond donors (Lipinski definition) is 2. The van der Waals surface area contributed by atoms with Gasteiger partial charge in [0.1, 0.15) is 17.2 Å². The van der Waals surface area contributed by atoms with E-state index in [1.165, 1.54) is 0 Å². The fourth-order valence-electron chi connectivity index (χ4n) is 6.62. The second kappa shape index (κ2) is 9.43. The number of carbonyl (C=O) groups is 1. The van der Waals surface area contributed by atoms with Gasteiger partial charge in [-0.3, -0.25) is 4.79 Å². The highest BCUT2D eigenvalue weighted by molar-refractivity contribution is 5.98. The highest BCUT2D eigenvalue weighted by atomic mass is 19.4. The Morgan fingerprint density at radius 3 is 2.67 bits per heavy atom. The number of benzene rings is 1.